The third-order valence-corrected chi connectivity index (χ3v) is 5.49. The Bertz CT molecular complexity index is 752. The van der Waals surface area contributed by atoms with Crippen molar-refractivity contribution in [2.75, 3.05) is 25.1 Å². The molecular weight excluding hydrogens is 387 g/mol. The molecule has 1 aliphatic carbocycles. The number of hydrogen-bond acceptors (Lipinski definition) is 6. The summed E-state index contributed by atoms with van der Waals surface area (Å²) in [4.78, 5) is 26.1. The average molecular weight is 423 g/mol. The summed E-state index contributed by atoms with van der Waals surface area (Å²) in [6.45, 7) is 10.4. The molecule has 1 aliphatic rings. The van der Waals surface area contributed by atoms with E-state index in [-0.39, 0.29) is 30.2 Å². The highest BCUT2D eigenvalue weighted by molar-refractivity contribution is 5.92. The van der Waals surface area contributed by atoms with Crippen LogP contribution in [0.15, 0.2) is 12.1 Å². The van der Waals surface area contributed by atoms with Gasteiger partial charge < -0.3 is 19.7 Å². The zero-order valence-electron chi connectivity index (χ0n) is 19.0. The fourth-order valence-corrected chi connectivity index (χ4v) is 4.11. The van der Waals surface area contributed by atoms with Gasteiger partial charge in [0.15, 0.2) is 0 Å². The van der Waals surface area contributed by atoms with Gasteiger partial charge in [-0.3, -0.25) is 4.79 Å². The molecule has 0 aromatic heterocycles. The predicted molar refractivity (Wildman–Crippen MR) is 115 cm³/mol. The second-order valence-corrected chi connectivity index (χ2v) is 8.85. The minimum atomic E-state index is -0.528. The highest BCUT2D eigenvalue weighted by Crippen LogP contribution is 2.32. The van der Waals surface area contributed by atoms with Crippen molar-refractivity contribution in [2.24, 2.45) is 0 Å². The molecule has 1 aromatic rings. The number of nitrogens with one attached hydrogen (secondary N) is 1. The molecule has 0 amide bonds. The van der Waals surface area contributed by atoms with Gasteiger partial charge in [-0.05, 0) is 78.0 Å². The molecule has 7 heteroatoms. The van der Waals surface area contributed by atoms with Crippen LogP contribution in [0.25, 0.3) is 0 Å². The highest BCUT2D eigenvalue weighted by Gasteiger charge is 2.28. The van der Waals surface area contributed by atoms with E-state index in [2.05, 4.69) is 10.2 Å². The lowest BCUT2D eigenvalue weighted by molar-refractivity contribution is -0.153. The molecule has 1 fully saturated rings. The maximum absolute atomic E-state index is 14.2. The van der Waals surface area contributed by atoms with Gasteiger partial charge in [0.05, 0.1) is 19.2 Å². The van der Waals surface area contributed by atoms with Crippen LogP contribution < -0.4 is 10.2 Å². The van der Waals surface area contributed by atoms with Crippen molar-refractivity contribution in [3.63, 3.8) is 0 Å². The number of nitrogens with zero attached hydrogens (tertiary/aromatic N) is 1. The van der Waals surface area contributed by atoms with Gasteiger partial charge in [-0.25, -0.2) is 9.18 Å². The van der Waals surface area contributed by atoms with Crippen LogP contribution in [-0.2, 0) is 14.3 Å². The molecule has 0 spiro atoms. The van der Waals surface area contributed by atoms with Crippen molar-refractivity contribution >= 4 is 17.6 Å². The van der Waals surface area contributed by atoms with Gasteiger partial charge in [-0.2, -0.15) is 0 Å². The third kappa shape index (κ3) is 6.42. The van der Waals surface area contributed by atoms with E-state index in [1.54, 1.807) is 0 Å². The first-order valence-corrected chi connectivity index (χ1v) is 10.7. The standard InChI is InChI=1S/C23H35FN2O4/c1-7-26(20-13-16(24)12-19(15(20)2)22(28)29-6)18-10-8-17(9-11-18)25-14-21(27)30-23(3,4)5/h12-13,17-18,25H,7-11,14H2,1-6H3/t17-,18-. The van der Waals surface area contributed by atoms with E-state index in [1.165, 1.54) is 19.2 Å². The van der Waals surface area contributed by atoms with Gasteiger partial charge in [-0.1, -0.05) is 0 Å². The minimum absolute atomic E-state index is 0.204. The Morgan fingerprint density at radius 1 is 1.20 bits per heavy atom. The Labute approximate surface area is 179 Å². The number of methoxy groups -OCH3 is 1. The third-order valence-electron chi connectivity index (χ3n) is 5.49. The Kier molecular flexibility index (Phi) is 8.24. The van der Waals surface area contributed by atoms with Crippen LogP contribution in [0.1, 0.15) is 69.3 Å². The number of esters is 2. The monoisotopic (exact) mass is 422 g/mol. The van der Waals surface area contributed by atoms with Crippen molar-refractivity contribution in [3.05, 3.63) is 29.1 Å². The Hall–Kier alpha value is -2.15. The molecule has 1 aromatic carbocycles. The second-order valence-electron chi connectivity index (χ2n) is 8.85. The van der Waals surface area contributed by atoms with Crippen LogP contribution in [0.3, 0.4) is 0 Å². The number of anilines is 1. The zero-order chi connectivity index (χ0) is 22.5. The molecule has 0 radical (unpaired) electrons. The number of hydrogen-bond donors (Lipinski definition) is 1. The van der Waals surface area contributed by atoms with Crippen molar-refractivity contribution in [1.82, 2.24) is 5.32 Å². The molecule has 0 aliphatic heterocycles. The molecule has 30 heavy (non-hydrogen) atoms. The molecule has 0 atom stereocenters. The number of ether oxygens (including phenoxy) is 2. The van der Waals surface area contributed by atoms with Crippen molar-refractivity contribution in [3.8, 4) is 0 Å². The van der Waals surface area contributed by atoms with E-state index in [4.69, 9.17) is 9.47 Å². The molecule has 168 valence electrons. The first-order chi connectivity index (χ1) is 14.1. The van der Waals surface area contributed by atoms with Gasteiger partial charge in [0.1, 0.15) is 11.4 Å². The topological polar surface area (TPSA) is 67.9 Å². The lowest BCUT2D eigenvalue weighted by Crippen LogP contribution is -2.44. The summed E-state index contributed by atoms with van der Waals surface area (Å²) in [5.74, 6) is -1.22. The van der Waals surface area contributed by atoms with E-state index >= 15 is 0 Å². The maximum Gasteiger partial charge on any atom is 0.338 e. The summed E-state index contributed by atoms with van der Waals surface area (Å²) in [5.41, 5.74) is 1.25. The Balaban J connectivity index is 2.01. The molecule has 6 nitrogen and oxygen atoms in total. The first-order valence-electron chi connectivity index (χ1n) is 10.7. The van der Waals surface area contributed by atoms with Gasteiger partial charge in [-0.15, -0.1) is 0 Å². The summed E-state index contributed by atoms with van der Waals surface area (Å²) >= 11 is 0. The average Bonchev–Trinajstić information content (AvgIpc) is 2.68. The van der Waals surface area contributed by atoms with Crippen LogP contribution in [0, 0.1) is 12.7 Å². The number of carbonyl (C=O) groups is 2. The number of halogens is 1. The van der Waals surface area contributed by atoms with Crippen molar-refractivity contribution < 1.29 is 23.5 Å². The van der Waals surface area contributed by atoms with Crippen LogP contribution in [0.5, 0.6) is 0 Å². The molecule has 1 N–H and O–H groups in total. The van der Waals surface area contributed by atoms with Crippen LogP contribution in [0.2, 0.25) is 0 Å². The summed E-state index contributed by atoms with van der Waals surface area (Å²) in [5, 5.41) is 3.30. The van der Waals surface area contributed by atoms with Gasteiger partial charge in [0.25, 0.3) is 0 Å². The van der Waals surface area contributed by atoms with E-state index in [0.717, 1.165) is 36.9 Å². The number of benzene rings is 1. The van der Waals surface area contributed by atoms with Crippen molar-refractivity contribution in [2.45, 2.75) is 78.0 Å². The van der Waals surface area contributed by atoms with Crippen molar-refractivity contribution in [1.29, 1.82) is 0 Å². The molecule has 0 saturated heterocycles. The molecule has 2 rings (SSSR count). The van der Waals surface area contributed by atoms with Crippen LogP contribution in [0.4, 0.5) is 10.1 Å². The van der Waals surface area contributed by atoms with E-state index in [0.29, 0.717) is 6.54 Å². The largest absolute Gasteiger partial charge is 0.465 e. The summed E-state index contributed by atoms with van der Waals surface area (Å²) in [7, 11) is 1.30. The fourth-order valence-electron chi connectivity index (χ4n) is 4.11. The van der Waals surface area contributed by atoms with E-state index in [9.17, 15) is 14.0 Å². The lowest BCUT2D eigenvalue weighted by atomic mass is 9.89. The second kappa shape index (κ2) is 10.2. The Morgan fingerprint density at radius 2 is 1.83 bits per heavy atom. The molecule has 0 bridgehead atoms. The smallest absolute Gasteiger partial charge is 0.338 e. The predicted octanol–water partition coefficient (Wildman–Crippen LogP) is 3.99. The highest BCUT2D eigenvalue weighted by atomic mass is 19.1. The van der Waals surface area contributed by atoms with Gasteiger partial charge >= 0.3 is 11.9 Å². The lowest BCUT2D eigenvalue weighted by Gasteiger charge is -2.39. The normalized spacial score (nSPS) is 19.3. The number of rotatable bonds is 7. The van der Waals surface area contributed by atoms with Crippen LogP contribution >= 0.6 is 0 Å². The molecule has 0 unspecified atom stereocenters. The summed E-state index contributed by atoms with van der Waals surface area (Å²) in [6.07, 6.45) is 3.68. The molecule has 0 heterocycles. The fraction of sp³-hybridized carbons (Fsp3) is 0.652. The SMILES string of the molecule is CCN(c1cc(F)cc(C(=O)OC)c1C)[C@H]1CC[C@H](NCC(=O)OC(C)(C)C)CC1. The summed E-state index contributed by atoms with van der Waals surface area (Å²) in [6, 6.07) is 3.24. The number of carbonyl (C=O) groups excluding carboxylic acids is 2. The quantitative estimate of drug-likeness (QED) is 0.670. The van der Waals surface area contributed by atoms with E-state index < -0.39 is 17.4 Å². The van der Waals surface area contributed by atoms with Crippen LogP contribution in [-0.4, -0.2) is 49.8 Å². The summed E-state index contributed by atoms with van der Waals surface area (Å²) < 4.78 is 24.4. The van der Waals surface area contributed by atoms with E-state index in [1.807, 2.05) is 34.6 Å². The minimum Gasteiger partial charge on any atom is -0.465 e. The Morgan fingerprint density at radius 3 is 2.37 bits per heavy atom. The first kappa shape index (κ1) is 24.1. The maximum atomic E-state index is 14.2. The zero-order valence-corrected chi connectivity index (χ0v) is 19.0. The van der Waals surface area contributed by atoms with Gasteiger partial charge in [0, 0.05) is 24.3 Å². The van der Waals surface area contributed by atoms with Gasteiger partial charge in [0.2, 0.25) is 0 Å². The molecule has 1 saturated carbocycles. The molecular formula is C23H35FN2O4.